The molecule has 1 heterocycles. The number of hydrogen-bond acceptors (Lipinski definition) is 5. The smallest absolute Gasteiger partial charge is 0.251 e. The Morgan fingerprint density at radius 2 is 1.77 bits per heavy atom. The van der Waals surface area contributed by atoms with Crippen molar-refractivity contribution >= 4 is 17.2 Å². The number of amides is 1. The van der Waals surface area contributed by atoms with Gasteiger partial charge in [-0.3, -0.25) is 4.79 Å². The summed E-state index contributed by atoms with van der Waals surface area (Å²) >= 11 is 1.60. The van der Waals surface area contributed by atoms with Crippen LogP contribution in [0.1, 0.15) is 26.6 Å². The Morgan fingerprint density at radius 1 is 1.08 bits per heavy atom. The van der Waals surface area contributed by atoms with Crippen molar-refractivity contribution in [1.29, 1.82) is 0 Å². The first-order chi connectivity index (χ1) is 12.7. The van der Waals surface area contributed by atoms with Crippen LogP contribution in [-0.4, -0.2) is 25.1 Å². The van der Waals surface area contributed by atoms with Gasteiger partial charge in [0, 0.05) is 23.4 Å². The van der Waals surface area contributed by atoms with Crippen molar-refractivity contribution in [1.82, 2.24) is 10.3 Å². The van der Waals surface area contributed by atoms with Crippen molar-refractivity contribution in [3.63, 3.8) is 0 Å². The third-order valence-electron chi connectivity index (χ3n) is 3.84. The summed E-state index contributed by atoms with van der Waals surface area (Å²) in [5.41, 5.74) is 2.56. The number of carbonyl (C=O) groups is 1. The summed E-state index contributed by atoms with van der Waals surface area (Å²) in [5.74, 6) is 0.960. The average Bonchev–Trinajstić information content (AvgIpc) is 3.13. The van der Waals surface area contributed by atoms with Crippen molar-refractivity contribution < 1.29 is 14.3 Å². The molecule has 0 aliphatic carbocycles. The summed E-state index contributed by atoms with van der Waals surface area (Å²) in [7, 11) is 3.11. The highest BCUT2D eigenvalue weighted by Gasteiger charge is 2.11. The first-order valence-corrected chi connectivity index (χ1v) is 9.04. The zero-order valence-electron chi connectivity index (χ0n) is 14.7. The molecule has 0 bridgehead atoms. The quantitative estimate of drug-likeness (QED) is 0.691. The molecule has 1 amide bonds. The maximum atomic E-state index is 12.4. The molecule has 0 spiro atoms. The fourth-order valence-corrected chi connectivity index (χ4v) is 3.32. The second kappa shape index (κ2) is 8.49. The highest BCUT2D eigenvalue weighted by Crippen LogP contribution is 2.22. The van der Waals surface area contributed by atoms with E-state index in [0.717, 1.165) is 17.1 Å². The molecule has 26 heavy (non-hydrogen) atoms. The van der Waals surface area contributed by atoms with Crippen molar-refractivity contribution in [2.24, 2.45) is 0 Å². The van der Waals surface area contributed by atoms with Crippen LogP contribution < -0.4 is 14.8 Å². The summed E-state index contributed by atoms with van der Waals surface area (Å²) in [5, 5.41) is 5.90. The Bertz CT molecular complexity index is 856. The molecular weight excluding hydrogens is 348 g/mol. The average molecular weight is 368 g/mol. The van der Waals surface area contributed by atoms with E-state index in [1.165, 1.54) is 5.56 Å². The minimum absolute atomic E-state index is 0.195. The fourth-order valence-electron chi connectivity index (χ4n) is 2.49. The minimum Gasteiger partial charge on any atom is -0.497 e. The molecule has 0 fully saturated rings. The molecule has 0 unspecified atom stereocenters. The normalized spacial score (nSPS) is 10.4. The third kappa shape index (κ3) is 4.61. The zero-order valence-corrected chi connectivity index (χ0v) is 15.5. The number of carbonyl (C=O) groups excluding carboxylic acids is 1. The van der Waals surface area contributed by atoms with Gasteiger partial charge in [0.25, 0.3) is 5.91 Å². The number of nitrogens with zero attached hydrogens (tertiary/aromatic N) is 1. The predicted octanol–water partition coefficient (Wildman–Crippen LogP) is 3.68. The van der Waals surface area contributed by atoms with Crippen LogP contribution in [-0.2, 0) is 13.0 Å². The van der Waals surface area contributed by atoms with Gasteiger partial charge in [-0.05, 0) is 17.7 Å². The van der Waals surface area contributed by atoms with Crippen LogP contribution in [0.5, 0.6) is 11.5 Å². The number of nitrogens with one attached hydrogen (secondary N) is 1. The lowest BCUT2D eigenvalue weighted by molar-refractivity contribution is 0.0949. The maximum absolute atomic E-state index is 12.4. The van der Waals surface area contributed by atoms with E-state index in [1.807, 2.05) is 23.6 Å². The lowest BCUT2D eigenvalue weighted by Crippen LogP contribution is -2.23. The molecule has 2 aromatic carbocycles. The van der Waals surface area contributed by atoms with Crippen LogP contribution in [0.15, 0.2) is 53.9 Å². The Balaban J connectivity index is 1.61. The van der Waals surface area contributed by atoms with Gasteiger partial charge in [0.05, 0.1) is 31.5 Å². The van der Waals surface area contributed by atoms with E-state index < -0.39 is 0 Å². The molecule has 0 saturated heterocycles. The monoisotopic (exact) mass is 368 g/mol. The molecular formula is C20H20N2O3S. The molecule has 3 aromatic rings. The molecule has 1 N–H and O–H groups in total. The Kier molecular flexibility index (Phi) is 5.86. The van der Waals surface area contributed by atoms with Gasteiger partial charge in [0.15, 0.2) is 0 Å². The standard InChI is InChI=1S/C20H20N2O3S/c1-24-17-9-15(10-18(11-17)25-2)20(23)21-12-16-13-26-19(22-16)8-14-6-4-3-5-7-14/h3-7,9-11,13H,8,12H2,1-2H3,(H,21,23). The summed E-state index contributed by atoms with van der Waals surface area (Å²) in [4.78, 5) is 17.0. The molecule has 0 saturated carbocycles. The van der Waals surface area contributed by atoms with Gasteiger partial charge >= 0.3 is 0 Å². The number of hydrogen-bond donors (Lipinski definition) is 1. The van der Waals surface area contributed by atoms with Crippen molar-refractivity contribution in [3.05, 3.63) is 75.7 Å². The van der Waals surface area contributed by atoms with Gasteiger partial charge in [-0.2, -0.15) is 0 Å². The van der Waals surface area contributed by atoms with Crippen molar-refractivity contribution in [2.75, 3.05) is 14.2 Å². The summed E-state index contributed by atoms with van der Waals surface area (Å²) in [6, 6.07) is 15.3. The largest absolute Gasteiger partial charge is 0.497 e. The number of aromatic nitrogens is 1. The molecule has 5 nitrogen and oxygen atoms in total. The highest BCUT2D eigenvalue weighted by atomic mass is 32.1. The third-order valence-corrected chi connectivity index (χ3v) is 4.74. The lowest BCUT2D eigenvalue weighted by Gasteiger charge is -2.08. The van der Waals surface area contributed by atoms with Gasteiger partial charge < -0.3 is 14.8 Å². The van der Waals surface area contributed by atoms with E-state index in [4.69, 9.17) is 9.47 Å². The molecule has 0 radical (unpaired) electrons. The zero-order chi connectivity index (χ0) is 18.4. The minimum atomic E-state index is -0.195. The van der Waals surface area contributed by atoms with Gasteiger partial charge in [-0.15, -0.1) is 11.3 Å². The number of rotatable bonds is 7. The van der Waals surface area contributed by atoms with E-state index in [2.05, 4.69) is 22.4 Å². The van der Waals surface area contributed by atoms with Crippen LogP contribution in [0.25, 0.3) is 0 Å². The van der Waals surface area contributed by atoms with E-state index in [0.29, 0.717) is 23.6 Å². The second-order valence-electron chi connectivity index (χ2n) is 5.68. The van der Waals surface area contributed by atoms with Gasteiger partial charge in [0.1, 0.15) is 11.5 Å². The van der Waals surface area contributed by atoms with Crippen LogP contribution in [0.4, 0.5) is 0 Å². The summed E-state index contributed by atoms with van der Waals surface area (Å²) < 4.78 is 10.4. The molecule has 1 aromatic heterocycles. The van der Waals surface area contributed by atoms with Crippen molar-refractivity contribution in [2.45, 2.75) is 13.0 Å². The first-order valence-electron chi connectivity index (χ1n) is 8.16. The Labute approximate surface area is 156 Å². The fraction of sp³-hybridized carbons (Fsp3) is 0.200. The number of benzene rings is 2. The molecule has 6 heteroatoms. The van der Waals surface area contributed by atoms with Gasteiger partial charge in [-0.25, -0.2) is 4.98 Å². The van der Waals surface area contributed by atoms with E-state index in [9.17, 15) is 4.79 Å². The molecule has 0 atom stereocenters. The summed E-state index contributed by atoms with van der Waals surface area (Å²) in [6.45, 7) is 0.379. The van der Waals surface area contributed by atoms with Gasteiger partial charge in [-0.1, -0.05) is 30.3 Å². The second-order valence-corrected chi connectivity index (χ2v) is 6.62. The van der Waals surface area contributed by atoms with Crippen LogP contribution in [0.3, 0.4) is 0 Å². The summed E-state index contributed by atoms with van der Waals surface area (Å²) in [6.07, 6.45) is 0.798. The van der Waals surface area contributed by atoms with Gasteiger partial charge in [0.2, 0.25) is 0 Å². The number of methoxy groups -OCH3 is 2. The van der Waals surface area contributed by atoms with Crippen LogP contribution in [0.2, 0.25) is 0 Å². The highest BCUT2D eigenvalue weighted by molar-refractivity contribution is 7.09. The van der Waals surface area contributed by atoms with E-state index >= 15 is 0 Å². The van der Waals surface area contributed by atoms with Crippen LogP contribution in [0, 0.1) is 0 Å². The molecule has 0 aliphatic heterocycles. The van der Waals surface area contributed by atoms with E-state index in [1.54, 1.807) is 43.8 Å². The molecule has 3 rings (SSSR count). The van der Waals surface area contributed by atoms with Crippen molar-refractivity contribution in [3.8, 4) is 11.5 Å². The molecule has 134 valence electrons. The Morgan fingerprint density at radius 3 is 2.42 bits per heavy atom. The topological polar surface area (TPSA) is 60.5 Å². The maximum Gasteiger partial charge on any atom is 0.251 e. The number of thiazole rings is 1. The predicted molar refractivity (Wildman–Crippen MR) is 102 cm³/mol. The molecule has 0 aliphatic rings. The first kappa shape index (κ1) is 17.9. The van der Waals surface area contributed by atoms with Crippen LogP contribution >= 0.6 is 11.3 Å². The Hall–Kier alpha value is -2.86. The lowest BCUT2D eigenvalue weighted by atomic mass is 10.2. The van der Waals surface area contributed by atoms with E-state index in [-0.39, 0.29) is 5.91 Å². The number of ether oxygens (including phenoxy) is 2. The SMILES string of the molecule is COc1cc(OC)cc(C(=O)NCc2csc(Cc3ccccc3)n2)c1.